The Labute approximate surface area is 398 Å². The topological polar surface area (TPSA) is 3.24 Å². The van der Waals surface area contributed by atoms with Gasteiger partial charge in [0.05, 0.1) is 5.70 Å². The highest BCUT2D eigenvalue weighted by Gasteiger charge is 2.44. The molecule has 1 nitrogen and oxygen atoms in total. The molecule has 0 aromatic heterocycles. The van der Waals surface area contributed by atoms with Crippen molar-refractivity contribution in [2.24, 2.45) is 11.3 Å². The fraction of sp³-hybridized carbons (Fsp3) is 0.188. The van der Waals surface area contributed by atoms with Gasteiger partial charge in [0.15, 0.2) is 0 Å². The molecule has 0 heterocycles. The maximum Gasteiger partial charge on any atom is 0.0966 e. The van der Waals surface area contributed by atoms with Crippen molar-refractivity contribution in [2.45, 2.75) is 65.2 Å². The standard InChI is InChI=1S/C44H37N.C20H27P/c1-5-8-22-40-33(4)44(42-24-16-15-23-41(40)42)31-17-10-9-12-21-36-27-30-39(32-43(36)44)45(37(7-3)18-6-2)38-28-25-35(26-29-38)34-19-13-11-14-20-34;1-4-16(19-11-8-13-20(19,2)3)15-18(12-14-21)17-9-6-5-7-10-17/h3,5-6,8-20,22-30,32H,1-2,21,31H2,4H3;4-7,9-10,12,14-15,19H,8,11,13,21H2,1-3H3/b12-9-,17-10-,22-8-,37-18+;14-12-,16-4-,18-15+. The van der Waals surface area contributed by atoms with Crippen LogP contribution in [-0.2, 0) is 11.8 Å². The van der Waals surface area contributed by atoms with Crippen LogP contribution >= 0.6 is 9.24 Å². The lowest BCUT2D eigenvalue weighted by Crippen LogP contribution is -2.29. The molecule has 330 valence electrons. The van der Waals surface area contributed by atoms with Crippen LogP contribution in [0.5, 0.6) is 0 Å². The molecular formula is C64H64NP. The predicted octanol–water partition coefficient (Wildman–Crippen LogP) is 17.3. The van der Waals surface area contributed by atoms with Crippen molar-refractivity contribution in [1.82, 2.24) is 0 Å². The van der Waals surface area contributed by atoms with Gasteiger partial charge in [0.2, 0.25) is 0 Å². The molecule has 1 spiro atoms. The van der Waals surface area contributed by atoms with Gasteiger partial charge in [-0.15, -0.1) is 15.7 Å². The van der Waals surface area contributed by atoms with E-state index in [2.05, 4.69) is 231 Å². The summed E-state index contributed by atoms with van der Waals surface area (Å²) in [6, 6.07) is 45.4. The first kappa shape index (κ1) is 47.3. The van der Waals surface area contributed by atoms with Gasteiger partial charge in [-0.05, 0) is 137 Å². The van der Waals surface area contributed by atoms with Crippen molar-refractivity contribution >= 4 is 31.8 Å². The van der Waals surface area contributed by atoms with Crippen molar-refractivity contribution < 1.29 is 0 Å². The first-order valence-corrected chi connectivity index (χ1v) is 24.0. The summed E-state index contributed by atoms with van der Waals surface area (Å²) < 4.78 is 0. The minimum atomic E-state index is -0.341. The summed E-state index contributed by atoms with van der Waals surface area (Å²) in [4.78, 5) is 2.17. The molecule has 3 atom stereocenters. The number of nitrogens with zero attached hydrogens (tertiary/aromatic N) is 1. The first-order chi connectivity index (χ1) is 32.2. The zero-order chi connectivity index (χ0) is 46.5. The van der Waals surface area contributed by atoms with Crippen LogP contribution in [0.3, 0.4) is 0 Å². The van der Waals surface area contributed by atoms with Crippen molar-refractivity contribution in [2.75, 3.05) is 4.90 Å². The molecule has 0 bridgehead atoms. The fourth-order valence-electron chi connectivity index (χ4n) is 10.3. The Bertz CT molecular complexity index is 2810. The molecule has 8 rings (SSSR count). The van der Waals surface area contributed by atoms with E-state index in [-0.39, 0.29) is 5.41 Å². The number of rotatable bonds is 11. The molecular weight excluding hydrogens is 814 g/mol. The molecule has 0 radical (unpaired) electrons. The van der Waals surface area contributed by atoms with Gasteiger partial charge >= 0.3 is 0 Å². The Hall–Kier alpha value is -6.71. The molecule has 3 aliphatic carbocycles. The van der Waals surface area contributed by atoms with Gasteiger partial charge in [0.25, 0.3) is 0 Å². The summed E-state index contributed by atoms with van der Waals surface area (Å²) in [5.41, 5.74) is 17.0. The van der Waals surface area contributed by atoms with E-state index in [1.807, 2.05) is 30.1 Å². The molecule has 0 saturated heterocycles. The van der Waals surface area contributed by atoms with E-state index in [0.717, 1.165) is 35.5 Å². The Morgan fingerprint density at radius 1 is 0.803 bits per heavy atom. The van der Waals surface area contributed by atoms with E-state index < -0.39 is 0 Å². The van der Waals surface area contributed by atoms with Crippen LogP contribution in [0.1, 0.15) is 81.2 Å². The molecule has 2 heteroatoms. The normalized spacial score (nSPS) is 20.1. The van der Waals surface area contributed by atoms with Gasteiger partial charge in [-0.1, -0.05) is 221 Å². The molecule has 0 aliphatic heterocycles. The number of fused-ring (bicyclic) bond motifs is 4. The van der Waals surface area contributed by atoms with E-state index in [1.54, 1.807) is 6.08 Å². The van der Waals surface area contributed by atoms with E-state index in [1.165, 1.54) is 74.9 Å². The van der Waals surface area contributed by atoms with Gasteiger partial charge in [-0.2, -0.15) is 0 Å². The van der Waals surface area contributed by atoms with Crippen LogP contribution in [0.15, 0.2) is 236 Å². The van der Waals surface area contributed by atoms with Crippen LogP contribution in [0.4, 0.5) is 11.4 Å². The Balaban J connectivity index is 0.000000258. The molecule has 5 aromatic carbocycles. The molecule has 66 heavy (non-hydrogen) atoms. The van der Waals surface area contributed by atoms with E-state index in [4.69, 9.17) is 6.42 Å². The second kappa shape index (κ2) is 22.0. The third kappa shape index (κ3) is 10.1. The molecule has 0 N–H and O–H groups in total. The minimum absolute atomic E-state index is 0.341. The van der Waals surface area contributed by atoms with Crippen LogP contribution in [-0.4, -0.2) is 0 Å². The maximum absolute atomic E-state index is 6.18. The number of hydrogen-bond donors (Lipinski definition) is 0. The summed E-state index contributed by atoms with van der Waals surface area (Å²) in [6.07, 6.45) is 37.4. The third-order valence-electron chi connectivity index (χ3n) is 13.7. The SMILES string of the molecule is C#C/C(=C\C=C)N(c1ccc(-c2ccccc2)cc1)c1ccc2c(c1)C1(C/C=C\C=C/C2)C(C)=C(/C=C\C=C)c2ccccc21.C/C=C(/C=C(\C=C/P)c1ccccc1)C1CCCC1(C)C. The lowest BCUT2D eigenvalue weighted by atomic mass is 9.68. The Kier molecular flexibility index (Phi) is 15.7. The van der Waals surface area contributed by atoms with Crippen LogP contribution < -0.4 is 4.90 Å². The quantitative estimate of drug-likeness (QED) is 0.0726. The van der Waals surface area contributed by atoms with Crippen LogP contribution in [0.25, 0.3) is 22.3 Å². The van der Waals surface area contributed by atoms with E-state index >= 15 is 0 Å². The average molecular weight is 878 g/mol. The third-order valence-corrected chi connectivity index (χ3v) is 13.9. The Morgan fingerprint density at radius 2 is 1.48 bits per heavy atom. The maximum atomic E-state index is 6.18. The van der Waals surface area contributed by atoms with Crippen molar-refractivity contribution in [3.05, 3.63) is 264 Å². The summed E-state index contributed by atoms with van der Waals surface area (Å²) in [5.74, 6) is 5.67. The van der Waals surface area contributed by atoms with Crippen molar-refractivity contribution in [3.63, 3.8) is 0 Å². The number of allylic oxidation sites excluding steroid dienone is 17. The van der Waals surface area contributed by atoms with Crippen molar-refractivity contribution in [3.8, 4) is 23.5 Å². The molecule has 5 aromatic rings. The molecule has 3 unspecified atom stereocenters. The van der Waals surface area contributed by atoms with Gasteiger partial charge in [-0.25, -0.2) is 0 Å². The summed E-state index contributed by atoms with van der Waals surface area (Å²) in [7, 11) is 2.68. The molecule has 1 fully saturated rings. The van der Waals surface area contributed by atoms with Gasteiger partial charge in [0.1, 0.15) is 0 Å². The van der Waals surface area contributed by atoms with E-state index in [9.17, 15) is 0 Å². The second-order valence-electron chi connectivity index (χ2n) is 17.9. The zero-order valence-corrected chi connectivity index (χ0v) is 40.4. The number of anilines is 2. The molecule has 1 saturated carbocycles. The highest BCUT2D eigenvalue weighted by molar-refractivity contribution is 7.20. The fourth-order valence-corrected chi connectivity index (χ4v) is 10.5. The molecule has 3 aliphatic rings. The Morgan fingerprint density at radius 3 is 2.15 bits per heavy atom. The van der Waals surface area contributed by atoms with Crippen molar-refractivity contribution in [1.29, 1.82) is 0 Å². The lowest BCUT2D eigenvalue weighted by Gasteiger charge is -2.36. The predicted molar refractivity (Wildman–Crippen MR) is 291 cm³/mol. The molecule has 0 amide bonds. The zero-order valence-electron chi connectivity index (χ0n) is 39.3. The summed E-state index contributed by atoms with van der Waals surface area (Å²) in [5, 5.41) is 0. The monoisotopic (exact) mass is 877 g/mol. The van der Waals surface area contributed by atoms with Gasteiger partial charge in [0, 0.05) is 16.8 Å². The summed E-state index contributed by atoms with van der Waals surface area (Å²) in [6.45, 7) is 17.2. The van der Waals surface area contributed by atoms with Gasteiger partial charge < -0.3 is 4.90 Å². The smallest absolute Gasteiger partial charge is 0.0966 e. The van der Waals surface area contributed by atoms with E-state index in [0.29, 0.717) is 11.3 Å². The number of hydrogen-bond acceptors (Lipinski definition) is 1. The lowest BCUT2D eigenvalue weighted by molar-refractivity contribution is 0.300. The number of terminal acetylenes is 1. The van der Waals surface area contributed by atoms with Gasteiger partial charge in [-0.3, -0.25) is 0 Å². The number of benzene rings is 5. The highest BCUT2D eigenvalue weighted by atomic mass is 31.0. The second-order valence-corrected chi connectivity index (χ2v) is 18.3. The largest absolute Gasteiger partial charge is 0.303 e. The highest BCUT2D eigenvalue weighted by Crippen LogP contribution is 2.55. The van der Waals surface area contributed by atoms with Crippen LogP contribution in [0.2, 0.25) is 0 Å². The van der Waals surface area contributed by atoms with Crippen LogP contribution in [0, 0.1) is 23.7 Å². The minimum Gasteiger partial charge on any atom is -0.303 e. The average Bonchev–Trinajstić information content (AvgIpc) is 3.86. The summed E-state index contributed by atoms with van der Waals surface area (Å²) >= 11 is 0. The first-order valence-electron chi connectivity index (χ1n) is 23.3.